The van der Waals surface area contributed by atoms with Crippen LogP contribution in [0.5, 0.6) is 0 Å². The normalized spacial score (nSPS) is 21.5. The monoisotopic (exact) mass is 330 g/mol. The molecule has 24 heavy (non-hydrogen) atoms. The van der Waals surface area contributed by atoms with Crippen molar-refractivity contribution in [1.29, 1.82) is 0 Å². The number of carbonyl (C=O) groups excluding carboxylic acids is 2. The van der Waals surface area contributed by atoms with Gasteiger partial charge >= 0.3 is 6.03 Å². The van der Waals surface area contributed by atoms with Crippen molar-refractivity contribution < 1.29 is 9.59 Å². The van der Waals surface area contributed by atoms with Gasteiger partial charge in [0.2, 0.25) is 5.91 Å². The fourth-order valence-electron chi connectivity index (χ4n) is 3.48. The van der Waals surface area contributed by atoms with E-state index in [2.05, 4.69) is 34.5 Å². The van der Waals surface area contributed by atoms with Gasteiger partial charge in [-0.15, -0.1) is 0 Å². The van der Waals surface area contributed by atoms with E-state index >= 15 is 0 Å². The molecule has 6 heteroatoms. The van der Waals surface area contributed by atoms with Crippen molar-refractivity contribution in [1.82, 2.24) is 20.0 Å². The summed E-state index contributed by atoms with van der Waals surface area (Å²) in [5.41, 5.74) is 1.31. The number of amides is 3. The lowest BCUT2D eigenvalue weighted by Gasteiger charge is -2.26. The molecule has 6 nitrogen and oxygen atoms in total. The Labute approximate surface area is 143 Å². The van der Waals surface area contributed by atoms with Crippen molar-refractivity contribution in [3.05, 3.63) is 35.9 Å². The summed E-state index contributed by atoms with van der Waals surface area (Å²) in [6.07, 6.45) is 2.27. The first kappa shape index (κ1) is 16.8. The summed E-state index contributed by atoms with van der Waals surface area (Å²) in [7, 11) is 0. The summed E-state index contributed by atoms with van der Waals surface area (Å²) < 4.78 is 0. The third-order valence-electron chi connectivity index (χ3n) is 4.91. The summed E-state index contributed by atoms with van der Waals surface area (Å²) in [4.78, 5) is 29.7. The van der Waals surface area contributed by atoms with E-state index in [4.69, 9.17) is 0 Å². The van der Waals surface area contributed by atoms with Crippen LogP contribution < -0.4 is 5.32 Å². The highest BCUT2D eigenvalue weighted by Gasteiger charge is 2.31. The maximum atomic E-state index is 12.3. The van der Waals surface area contributed by atoms with Crippen molar-refractivity contribution in [3.8, 4) is 0 Å². The highest BCUT2D eigenvalue weighted by atomic mass is 16.2. The minimum atomic E-state index is -0.133. The molecule has 1 aromatic rings. The van der Waals surface area contributed by atoms with Crippen LogP contribution in [-0.4, -0.2) is 65.5 Å². The fraction of sp³-hybridized carbons (Fsp3) is 0.556. The minimum Gasteiger partial charge on any atom is -0.336 e. The van der Waals surface area contributed by atoms with Crippen LogP contribution >= 0.6 is 0 Å². The Kier molecular flexibility index (Phi) is 5.35. The summed E-state index contributed by atoms with van der Waals surface area (Å²) in [6.45, 7) is 5.81. The van der Waals surface area contributed by atoms with Gasteiger partial charge in [-0.3, -0.25) is 14.6 Å². The highest BCUT2D eigenvalue weighted by Crippen LogP contribution is 2.19. The molecular formula is C18H26N4O2. The fourth-order valence-corrected chi connectivity index (χ4v) is 3.48. The van der Waals surface area contributed by atoms with E-state index < -0.39 is 0 Å². The number of hydrogen-bond acceptors (Lipinski definition) is 3. The van der Waals surface area contributed by atoms with E-state index in [-0.39, 0.29) is 18.5 Å². The number of likely N-dealkylation sites (N-methyl/N-ethyl adjacent to an activating group) is 1. The van der Waals surface area contributed by atoms with E-state index in [1.165, 1.54) is 12.0 Å². The van der Waals surface area contributed by atoms with E-state index in [1.807, 2.05) is 13.0 Å². The Morgan fingerprint density at radius 3 is 2.79 bits per heavy atom. The average Bonchev–Trinajstić information content (AvgIpc) is 3.19. The maximum Gasteiger partial charge on any atom is 0.319 e. The average molecular weight is 330 g/mol. The summed E-state index contributed by atoms with van der Waals surface area (Å²) in [5, 5.41) is 3.01. The quantitative estimate of drug-likeness (QED) is 0.890. The molecule has 0 unspecified atom stereocenters. The molecule has 3 amide bonds. The lowest BCUT2D eigenvalue weighted by Crippen LogP contribution is -2.45. The molecule has 1 aromatic carbocycles. The van der Waals surface area contributed by atoms with Gasteiger partial charge in [0.15, 0.2) is 0 Å². The third-order valence-corrected chi connectivity index (χ3v) is 4.91. The first-order valence-corrected chi connectivity index (χ1v) is 8.76. The second-order valence-corrected chi connectivity index (χ2v) is 6.53. The third kappa shape index (κ3) is 3.87. The Morgan fingerprint density at radius 2 is 2.08 bits per heavy atom. The summed E-state index contributed by atoms with van der Waals surface area (Å²) >= 11 is 0. The molecule has 0 radical (unpaired) electrons. The molecule has 1 atom stereocenters. The van der Waals surface area contributed by atoms with E-state index in [0.29, 0.717) is 25.8 Å². The number of benzene rings is 1. The van der Waals surface area contributed by atoms with Gasteiger partial charge in [0, 0.05) is 25.7 Å². The van der Waals surface area contributed by atoms with Gasteiger partial charge in [0.1, 0.15) is 6.54 Å². The molecule has 2 aliphatic heterocycles. The van der Waals surface area contributed by atoms with Crippen LogP contribution in [0.1, 0.15) is 25.3 Å². The predicted octanol–water partition coefficient (Wildman–Crippen LogP) is 1.48. The van der Waals surface area contributed by atoms with Crippen molar-refractivity contribution in [3.63, 3.8) is 0 Å². The van der Waals surface area contributed by atoms with Crippen molar-refractivity contribution >= 4 is 11.9 Å². The van der Waals surface area contributed by atoms with E-state index in [0.717, 1.165) is 19.5 Å². The molecule has 1 N–H and O–H groups in total. The lowest BCUT2D eigenvalue weighted by molar-refractivity contribution is -0.126. The van der Waals surface area contributed by atoms with Crippen molar-refractivity contribution in [2.45, 2.75) is 32.4 Å². The minimum absolute atomic E-state index is 0.0271. The first-order valence-electron chi connectivity index (χ1n) is 8.76. The number of rotatable bonds is 5. The van der Waals surface area contributed by atoms with Crippen LogP contribution in [0.25, 0.3) is 0 Å². The zero-order valence-electron chi connectivity index (χ0n) is 14.3. The predicted molar refractivity (Wildman–Crippen MR) is 92.2 cm³/mol. The van der Waals surface area contributed by atoms with Crippen LogP contribution in [-0.2, 0) is 11.3 Å². The SMILES string of the molecule is CCN1CN(C(=O)NC[C@H]2CCCN2Cc2ccccc2)CC1=O. The molecule has 0 spiro atoms. The van der Waals surface area contributed by atoms with Crippen molar-refractivity contribution in [2.75, 3.05) is 32.8 Å². The van der Waals surface area contributed by atoms with Gasteiger partial charge in [-0.25, -0.2) is 4.79 Å². The Balaban J connectivity index is 1.48. The molecule has 0 aromatic heterocycles. The zero-order valence-corrected chi connectivity index (χ0v) is 14.3. The van der Waals surface area contributed by atoms with E-state index in [9.17, 15) is 9.59 Å². The van der Waals surface area contributed by atoms with Crippen LogP contribution in [0.4, 0.5) is 4.79 Å². The summed E-state index contributed by atoms with van der Waals surface area (Å²) in [5.74, 6) is 0.0271. The van der Waals surface area contributed by atoms with Crippen LogP contribution in [0.2, 0.25) is 0 Å². The Morgan fingerprint density at radius 1 is 1.29 bits per heavy atom. The van der Waals surface area contributed by atoms with Crippen LogP contribution in [0, 0.1) is 0 Å². The van der Waals surface area contributed by atoms with E-state index in [1.54, 1.807) is 9.80 Å². The lowest BCUT2D eigenvalue weighted by atomic mass is 10.2. The summed E-state index contributed by atoms with van der Waals surface area (Å²) in [6, 6.07) is 10.7. The molecule has 3 rings (SSSR count). The number of carbonyl (C=O) groups is 2. The van der Waals surface area contributed by atoms with Crippen LogP contribution in [0.15, 0.2) is 30.3 Å². The smallest absolute Gasteiger partial charge is 0.319 e. The van der Waals surface area contributed by atoms with Gasteiger partial charge in [-0.2, -0.15) is 0 Å². The molecule has 130 valence electrons. The molecule has 2 saturated heterocycles. The number of urea groups is 1. The molecule has 2 aliphatic rings. The number of likely N-dealkylation sites (tertiary alicyclic amines) is 1. The molecule has 0 aliphatic carbocycles. The van der Waals surface area contributed by atoms with Gasteiger partial charge < -0.3 is 10.2 Å². The Hall–Kier alpha value is -2.08. The highest BCUT2D eigenvalue weighted by molar-refractivity contribution is 5.87. The molecule has 2 heterocycles. The number of nitrogens with zero attached hydrogens (tertiary/aromatic N) is 3. The molecular weight excluding hydrogens is 304 g/mol. The topological polar surface area (TPSA) is 55.9 Å². The largest absolute Gasteiger partial charge is 0.336 e. The number of nitrogens with one attached hydrogen (secondary N) is 1. The standard InChI is InChI=1S/C18H26N4O2/c1-2-20-14-22(13-17(20)23)18(24)19-11-16-9-6-10-21(16)12-15-7-4-3-5-8-15/h3-5,7-8,16H,2,6,9-14H2,1H3,(H,19,24)/t16-/m1/s1. The number of hydrogen-bond donors (Lipinski definition) is 1. The second-order valence-electron chi connectivity index (χ2n) is 6.53. The van der Waals surface area contributed by atoms with Gasteiger partial charge in [-0.05, 0) is 31.9 Å². The molecule has 0 bridgehead atoms. The molecule has 2 fully saturated rings. The molecule has 0 saturated carbocycles. The zero-order chi connectivity index (χ0) is 16.9. The maximum absolute atomic E-state index is 12.3. The van der Waals surface area contributed by atoms with Crippen LogP contribution in [0.3, 0.4) is 0 Å². The van der Waals surface area contributed by atoms with Gasteiger partial charge in [0.05, 0.1) is 6.67 Å². The van der Waals surface area contributed by atoms with Gasteiger partial charge in [0.25, 0.3) is 0 Å². The first-order chi connectivity index (χ1) is 11.7. The second kappa shape index (κ2) is 7.66. The van der Waals surface area contributed by atoms with Crippen molar-refractivity contribution in [2.24, 2.45) is 0 Å². The Bertz CT molecular complexity index is 578. The van der Waals surface area contributed by atoms with Gasteiger partial charge in [-0.1, -0.05) is 30.3 Å².